The highest BCUT2D eigenvalue weighted by Crippen LogP contribution is 2.15. The van der Waals surface area contributed by atoms with Crippen molar-refractivity contribution in [2.24, 2.45) is 10.9 Å². The van der Waals surface area contributed by atoms with E-state index in [0.717, 1.165) is 25.0 Å². The molecule has 1 aliphatic rings. The van der Waals surface area contributed by atoms with Crippen molar-refractivity contribution in [3.63, 3.8) is 0 Å². The van der Waals surface area contributed by atoms with Gasteiger partial charge in [-0.3, -0.25) is 4.99 Å². The van der Waals surface area contributed by atoms with E-state index in [9.17, 15) is 0 Å². The van der Waals surface area contributed by atoms with Crippen molar-refractivity contribution < 1.29 is 0 Å². The van der Waals surface area contributed by atoms with E-state index in [2.05, 4.69) is 41.0 Å². The molecule has 1 atom stereocenters. The van der Waals surface area contributed by atoms with Crippen molar-refractivity contribution in [1.82, 2.24) is 15.1 Å². The first-order valence-electron chi connectivity index (χ1n) is 8.31. The van der Waals surface area contributed by atoms with Gasteiger partial charge in [-0.25, -0.2) is 0 Å². The zero-order valence-corrected chi connectivity index (χ0v) is 14.0. The summed E-state index contributed by atoms with van der Waals surface area (Å²) >= 11 is 0. The second-order valence-corrected chi connectivity index (χ2v) is 6.15. The van der Waals surface area contributed by atoms with Crippen molar-refractivity contribution in [2.45, 2.75) is 46.0 Å². The molecule has 1 saturated heterocycles. The molecule has 118 valence electrons. The summed E-state index contributed by atoms with van der Waals surface area (Å²) < 4.78 is 0. The van der Waals surface area contributed by atoms with E-state index in [4.69, 9.17) is 0 Å². The zero-order chi connectivity index (χ0) is 14.8. The Bertz CT molecular complexity index is 278. The van der Waals surface area contributed by atoms with Gasteiger partial charge >= 0.3 is 0 Å². The number of aliphatic imine (C=N–C) groups is 1. The van der Waals surface area contributed by atoms with E-state index < -0.39 is 0 Å². The maximum Gasteiger partial charge on any atom is 0.193 e. The van der Waals surface area contributed by atoms with Crippen LogP contribution in [0.3, 0.4) is 0 Å². The van der Waals surface area contributed by atoms with E-state index >= 15 is 0 Å². The third-order valence-electron chi connectivity index (χ3n) is 4.10. The first kappa shape index (κ1) is 17.3. The van der Waals surface area contributed by atoms with Crippen LogP contribution in [-0.2, 0) is 0 Å². The molecule has 0 aromatic heterocycles. The van der Waals surface area contributed by atoms with Gasteiger partial charge in [-0.2, -0.15) is 0 Å². The minimum absolute atomic E-state index is 0.879. The topological polar surface area (TPSA) is 30.9 Å². The van der Waals surface area contributed by atoms with Crippen molar-refractivity contribution in [1.29, 1.82) is 0 Å². The number of hydrogen-bond donors (Lipinski definition) is 1. The molecule has 1 unspecified atom stereocenters. The van der Waals surface area contributed by atoms with Crippen LogP contribution in [-0.4, -0.2) is 62.6 Å². The molecular weight excluding hydrogens is 248 g/mol. The highest BCUT2D eigenvalue weighted by Gasteiger charge is 2.15. The molecule has 0 bridgehead atoms. The van der Waals surface area contributed by atoms with Crippen LogP contribution in [0.4, 0.5) is 0 Å². The van der Waals surface area contributed by atoms with Gasteiger partial charge in [0.2, 0.25) is 0 Å². The van der Waals surface area contributed by atoms with E-state index in [1.165, 1.54) is 51.7 Å². The fourth-order valence-corrected chi connectivity index (χ4v) is 2.88. The minimum atomic E-state index is 0.879. The van der Waals surface area contributed by atoms with Gasteiger partial charge in [0.1, 0.15) is 0 Å². The van der Waals surface area contributed by atoms with E-state index in [1.807, 2.05) is 7.05 Å². The fraction of sp³-hybridized carbons (Fsp3) is 0.938. The summed E-state index contributed by atoms with van der Waals surface area (Å²) in [4.78, 5) is 9.19. The lowest BCUT2D eigenvalue weighted by atomic mass is 10.0. The average Bonchev–Trinajstić information content (AvgIpc) is 2.45. The molecule has 1 N–H and O–H groups in total. The summed E-state index contributed by atoms with van der Waals surface area (Å²) in [6.45, 7) is 10.5. The molecule has 0 aromatic carbocycles. The molecule has 0 aromatic rings. The predicted molar refractivity (Wildman–Crippen MR) is 88.4 cm³/mol. The van der Waals surface area contributed by atoms with Gasteiger partial charge in [0.05, 0.1) is 0 Å². The number of guanidine groups is 1. The Hall–Kier alpha value is -0.770. The van der Waals surface area contributed by atoms with Crippen LogP contribution in [0.5, 0.6) is 0 Å². The lowest BCUT2D eigenvalue weighted by molar-refractivity contribution is 0.182. The summed E-state index contributed by atoms with van der Waals surface area (Å²) in [5.41, 5.74) is 0. The molecule has 0 radical (unpaired) electrons. The molecule has 1 fully saturated rings. The SMILES string of the molecule is CCCCN(C)C(=NC)NCCCN1CCCC(C)C1. The van der Waals surface area contributed by atoms with E-state index in [-0.39, 0.29) is 0 Å². The molecule has 0 saturated carbocycles. The van der Waals surface area contributed by atoms with Crippen molar-refractivity contribution in [3.05, 3.63) is 0 Å². The Kier molecular flexibility index (Phi) is 8.67. The third-order valence-corrected chi connectivity index (χ3v) is 4.10. The van der Waals surface area contributed by atoms with Crippen molar-refractivity contribution in [3.8, 4) is 0 Å². The number of nitrogens with one attached hydrogen (secondary N) is 1. The molecule has 1 heterocycles. The summed E-state index contributed by atoms with van der Waals surface area (Å²) in [5, 5.41) is 3.48. The van der Waals surface area contributed by atoms with Crippen LogP contribution >= 0.6 is 0 Å². The molecular formula is C16H34N4. The standard InChI is InChI=1S/C16H34N4/c1-5-6-11-19(4)16(17-3)18-10-8-13-20-12-7-9-15(2)14-20/h15H,5-14H2,1-4H3,(H,17,18). The van der Waals surface area contributed by atoms with Gasteiger partial charge in [-0.05, 0) is 44.7 Å². The van der Waals surface area contributed by atoms with E-state index in [0.29, 0.717) is 0 Å². The van der Waals surface area contributed by atoms with Crippen LogP contribution in [0.25, 0.3) is 0 Å². The maximum absolute atomic E-state index is 4.36. The van der Waals surface area contributed by atoms with Crippen LogP contribution < -0.4 is 5.32 Å². The quantitative estimate of drug-likeness (QED) is 0.442. The van der Waals surface area contributed by atoms with Gasteiger partial charge < -0.3 is 15.1 Å². The average molecular weight is 282 g/mol. The summed E-state index contributed by atoms with van der Waals surface area (Å²) in [7, 11) is 3.99. The number of rotatable bonds is 7. The normalized spacial score (nSPS) is 21.0. The number of likely N-dealkylation sites (tertiary alicyclic amines) is 1. The highest BCUT2D eigenvalue weighted by atomic mass is 15.3. The minimum Gasteiger partial charge on any atom is -0.356 e. The summed E-state index contributed by atoms with van der Waals surface area (Å²) in [6.07, 6.45) is 6.43. The summed E-state index contributed by atoms with van der Waals surface area (Å²) in [5.74, 6) is 1.91. The monoisotopic (exact) mass is 282 g/mol. The Morgan fingerprint density at radius 2 is 2.20 bits per heavy atom. The molecule has 20 heavy (non-hydrogen) atoms. The molecule has 0 spiro atoms. The number of nitrogens with zero attached hydrogens (tertiary/aromatic N) is 3. The molecule has 1 aliphatic heterocycles. The second-order valence-electron chi connectivity index (χ2n) is 6.15. The third kappa shape index (κ3) is 6.60. The van der Waals surface area contributed by atoms with Crippen LogP contribution in [0.2, 0.25) is 0 Å². The Labute approximate surface area is 125 Å². The highest BCUT2D eigenvalue weighted by molar-refractivity contribution is 5.79. The smallest absolute Gasteiger partial charge is 0.193 e. The van der Waals surface area contributed by atoms with Gasteiger partial charge in [0.15, 0.2) is 5.96 Å². The first-order chi connectivity index (χ1) is 9.67. The largest absolute Gasteiger partial charge is 0.356 e. The molecule has 0 amide bonds. The van der Waals surface area contributed by atoms with E-state index in [1.54, 1.807) is 0 Å². The lowest BCUT2D eigenvalue weighted by Crippen LogP contribution is -2.41. The first-order valence-corrected chi connectivity index (χ1v) is 8.31. The van der Waals surface area contributed by atoms with Gasteiger partial charge in [-0.1, -0.05) is 20.3 Å². The van der Waals surface area contributed by atoms with Crippen LogP contribution in [0.1, 0.15) is 46.0 Å². The van der Waals surface area contributed by atoms with Crippen LogP contribution in [0.15, 0.2) is 4.99 Å². The number of piperidine rings is 1. The van der Waals surface area contributed by atoms with Gasteiger partial charge in [-0.15, -0.1) is 0 Å². The molecule has 1 rings (SSSR count). The zero-order valence-electron chi connectivity index (χ0n) is 14.0. The molecule has 4 nitrogen and oxygen atoms in total. The fourth-order valence-electron chi connectivity index (χ4n) is 2.88. The van der Waals surface area contributed by atoms with Crippen molar-refractivity contribution in [2.75, 3.05) is 46.8 Å². The predicted octanol–water partition coefficient (Wildman–Crippen LogP) is 2.42. The van der Waals surface area contributed by atoms with Crippen LogP contribution in [0, 0.1) is 5.92 Å². The van der Waals surface area contributed by atoms with Crippen molar-refractivity contribution >= 4 is 5.96 Å². The number of unbranched alkanes of at least 4 members (excludes halogenated alkanes) is 1. The second kappa shape index (κ2) is 10.0. The Morgan fingerprint density at radius 3 is 2.85 bits per heavy atom. The molecule has 4 heteroatoms. The Balaban J connectivity index is 2.15. The Morgan fingerprint density at radius 1 is 1.40 bits per heavy atom. The molecule has 0 aliphatic carbocycles. The van der Waals surface area contributed by atoms with Gasteiger partial charge in [0.25, 0.3) is 0 Å². The lowest BCUT2D eigenvalue weighted by Gasteiger charge is -2.31. The maximum atomic E-state index is 4.36. The number of hydrogen-bond acceptors (Lipinski definition) is 2. The van der Waals surface area contributed by atoms with Gasteiger partial charge in [0, 0.05) is 33.7 Å². The summed E-state index contributed by atoms with van der Waals surface area (Å²) in [6, 6.07) is 0.